The van der Waals surface area contributed by atoms with Crippen molar-refractivity contribution in [2.45, 2.75) is 6.42 Å². The van der Waals surface area contributed by atoms with Gasteiger partial charge in [-0.3, -0.25) is 5.43 Å². The number of fused-ring (bicyclic) bond motifs is 1. The lowest BCUT2D eigenvalue weighted by atomic mass is 10.2. The van der Waals surface area contributed by atoms with Gasteiger partial charge in [0.1, 0.15) is 5.82 Å². The van der Waals surface area contributed by atoms with Gasteiger partial charge in [0.15, 0.2) is 0 Å². The Morgan fingerprint density at radius 2 is 1.83 bits per heavy atom. The van der Waals surface area contributed by atoms with Crippen LogP contribution in [0.25, 0.3) is 11.0 Å². The molecule has 0 bridgehead atoms. The van der Waals surface area contributed by atoms with E-state index in [2.05, 4.69) is 31.9 Å². The number of para-hydroxylation sites is 3. The van der Waals surface area contributed by atoms with Crippen LogP contribution in [0.15, 0.2) is 77.2 Å². The van der Waals surface area contributed by atoms with Gasteiger partial charge >= 0.3 is 0 Å². The van der Waals surface area contributed by atoms with Gasteiger partial charge < -0.3 is 4.98 Å². The first kappa shape index (κ1) is 14.7. The van der Waals surface area contributed by atoms with Crippen LogP contribution in [0.4, 0.5) is 5.69 Å². The summed E-state index contributed by atoms with van der Waals surface area (Å²) in [5.74, 6) is 0.915. The predicted octanol–water partition coefficient (Wildman–Crippen LogP) is 4.68. The van der Waals surface area contributed by atoms with Gasteiger partial charge in [0.05, 0.1) is 33.7 Å². The highest BCUT2D eigenvalue weighted by atomic mass is 32.1. The van der Waals surface area contributed by atoms with Gasteiger partial charge in [0.2, 0.25) is 0 Å². The molecular formula is C19H16N4S. The minimum Gasteiger partial charge on any atom is -0.342 e. The SMILES string of the molecule is c1ccc(NN=C(Cc2nc3ccccc3[nH]2)c2cccs2)cc1. The molecule has 0 aliphatic heterocycles. The van der Waals surface area contributed by atoms with E-state index < -0.39 is 0 Å². The highest BCUT2D eigenvalue weighted by Crippen LogP contribution is 2.16. The Hall–Kier alpha value is -2.92. The first-order chi connectivity index (χ1) is 11.9. The Bertz CT molecular complexity index is 922. The highest BCUT2D eigenvalue weighted by molar-refractivity contribution is 7.12. The van der Waals surface area contributed by atoms with Crippen LogP contribution in [0.2, 0.25) is 0 Å². The number of aromatic amines is 1. The number of thiophene rings is 1. The Labute approximate surface area is 143 Å². The molecule has 0 radical (unpaired) electrons. The number of aromatic nitrogens is 2. The molecule has 2 heterocycles. The van der Waals surface area contributed by atoms with Crippen LogP contribution in [0.5, 0.6) is 0 Å². The van der Waals surface area contributed by atoms with E-state index in [0.29, 0.717) is 6.42 Å². The van der Waals surface area contributed by atoms with E-state index in [1.54, 1.807) is 11.3 Å². The van der Waals surface area contributed by atoms with Crippen molar-refractivity contribution in [3.63, 3.8) is 0 Å². The normalized spacial score (nSPS) is 11.8. The van der Waals surface area contributed by atoms with Crippen molar-refractivity contribution in [2.75, 3.05) is 5.43 Å². The monoisotopic (exact) mass is 332 g/mol. The zero-order valence-electron chi connectivity index (χ0n) is 12.9. The number of rotatable bonds is 5. The lowest BCUT2D eigenvalue weighted by molar-refractivity contribution is 1.09. The van der Waals surface area contributed by atoms with Crippen LogP contribution < -0.4 is 5.43 Å². The van der Waals surface area contributed by atoms with Gasteiger partial charge in [-0.25, -0.2) is 4.98 Å². The largest absolute Gasteiger partial charge is 0.342 e. The molecule has 0 saturated carbocycles. The van der Waals surface area contributed by atoms with E-state index >= 15 is 0 Å². The van der Waals surface area contributed by atoms with E-state index in [1.165, 1.54) is 0 Å². The summed E-state index contributed by atoms with van der Waals surface area (Å²) in [7, 11) is 0. The third-order valence-corrected chi connectivity index (χ3v) is 4.59. The summed E-state index contributed by atoms with van der Waals surface area (Å²) in [6, 6.07) is 22.1. The Balaban J connectivity index is 1.63. The average molecular weight is 332 g/mol. The van der Waals surface area contributed by atoms with Gasteiger partial charge in [-0.05, 0) is 35.7 Å². The van der Waals surface area contributed by atoms with E-state index in [-0.39, 0.29) is 0 Å². The number of nitrogens with one attached hydrogen (secondary N) is 2. The topological polar surface area (TPSA) is 53.1 Å². The molecule has 118 valence electrons. The van der Waals surface area contributed by atoms with Crippen LogP contribution >= 0.6 is 11.3 Å². The molecule has 4 rings (SSSR count). The molecule has 4 aromatic rings. The molecular weight excluding hydrogens is 316 g/mol. The van der Waals surface area contributed by atoms with Crippen LogP contribution in [-0.4, -0.2) is 15.7 Å². The van der Waals surface area contributed by atoms with Gasteiger partial charge in [0, 0.05) is 0 Å². The van der Waals surface area contributed by atoms with Crippen molar-refractivity contribution in [2.24, 2.45) is 5.10 Å². The summed E-state index contributed by atoms with van der Waals surface area (Å²) in [5, 5.41) is 6.68. The number of hydrogen-bond donors (Lipinski definition) is 2. The predicted molar refractivity (Wildman–Crippen MR) is 101 cm³/mol. The van der Waals surface area contributed by atoms with Gasteiger partial charge in [-0.1, -0.05) is 36.4 Å². The molecule has 0 unspecified atom stereocenters. The molecule has 0 atom stereocenters. The quantitative estimate of drug-likeness (QED) is 0.412. The first-order valence-corrected chi connectivity index (χ1v) is 8.61. The molecule has 4 nitrogen and oxygen atoms in total. The van der Waals surface area contributed by atoms with Crippen molar-refractivity contribution in [1.82, 2.24) is 9.97 Å². The molecule has 5 heteroatoms. The van der Waals surface area contributed by atoms with Gasteiger partial charge in [-0.2, -0.15) is 5.10 Å². The van der Waals surface area contributed by atoms with E-state index in [4.69, 9.17) is 0 Å². The third-order valence-electron chi connectivity index (χ3n) is 3.67. The second-order valence-electron chi connectivity index (χ2n) is 5.39. The average Bonchev–Trinajstić information content (AvgIpc) is 3.28. The number of imidazole rings is 1. The number of nitrogens with zero attached hydrogens (tertiary/aromatic N) is 2. The van der Waals surface area contributed by atoms with Gasteiger partial charge in [-0.15, -0.1) is 11.3 Å². The second kappa shape index (κ2) is 6.68. The molecule has 0 saturated heterocycles. The Morgan fingerprint density at radius 1 is 1.00 bits per heavy atom. The first-order valence-electron chi connectivity index (χ1n) is 7.73. The van der Waals surface area contributed by atoms with Crippen molar-refractivity contribution in [1.29, 1.82) is 0 Å². The fraction of sp³-hybridized carbons (Fsp3) is 0.0526. The highest BCUT2D eigenvalue weighted by Gasteiger charge is 2.10. The summed E-state index contributed by atoms with van der Waals surface area (Å²) < 4.78 is 0. The summed E-state index contributed by atoms with van der Waals surface area (Å²) >= 11 is 1.68. The maximum Gasteiger partial charge on any atom is 0.113 e. The zero-order valence-corrected chi connectivity index (χ0v) is 13.8. The van der Waals surface area contributed by atoms with Crippen LogP contribution in [-0.2, 0) is 6.42 Å². The minimum absolute atomic E-state index is 0.648. The molecule has 2 aromatic carbocycles. The fourth-order valence-corrected chi connectivity index (χ4v) is 3.23. The molecule has 0 spiro atoms. The standard InChI is InChI=1S/C19H16N4S/c1-2-7-14(8-3-1)22-23-17(18-11-6-12-24-18)13-19-20-15-9-4-5-10-16(15)21-19/h1-12,22H,13H2,(H,20,21). The fourth-order valence-electron chi connectivity index (χ4n) is 2.52. The van der Waals surface area contributed by atoms with Crippen LogP contribution in [0.3, 0.4) is 0 Å². The lowest BCUT2D eigenvalue weighted by Crippen LogP contribution is -2.08. The number of H-pyrrole nitrogens is 1. The van der Waals surface area contributed by atoms with Gasteiger partial charge in [0.25, 0.3) is 0 Å². The summed E-state index contributed by atoms with van der Waals surface area (Å²) in [6.45, 7) is 0. The maximum atomic E-state index is 4.66. The number of benzene rings is 2. The number of hydrazone groups is 1. The van der Waals surface area contributed by atoms with Crippen molar-refractivity contribution >= 4 is 33.8 Å². The van der Waals surface area contributed by atoms with E-state index in [9.17, 15) is 0 Å². The summed E-state index contributed by atoms with van der Waals surface area (Å²) in [5.41, 5.74) is 7.10. The molecule has 24 heavy (non-hydrogen) atoms. The lowest BCUT2D eigenvalue weighted by Gasteiger charge is -2.05. The molecule has 2 aromatic heterocycles. The van der Waals surface area contributed by atoms with Crippen molar-refractivity contribution < 1.29 is 0 Å². The minimum atomic E-state index is 0.648. The summed E-state index contributed by atoms with van der Waals surface area (Å²) in [4.78, 5) is 9.17. The molecule has 0 fully saturated rings. The maximum absolute atomic E-state index is 4.66. The van der Waals surface area contributed by atoms with Crippen molar-refractivity contribution in [3.8, 4) is 0 Å². The molecule has 0 amide bonds. The summed E-state index contributed by atoms with van der Waals surface area (Å²) in [6.07, 6.45) is 0.648. The molecule has 2 N–H and O–H groups in total. The smallest absolute Gasteiger partial charge is 0.113 e. The molecule has 0 aliphatic carbocycles. The number of hydrogen-bond acceptors (Lipinski definition) is 4. The molecule has 0 aliphatic rings. The number of anilines is 1. The Morgan fingerprint density at radius 3 is 2.62 bits per heavy atom. The van der Waals surface area contributed by atoms with Crippen LogP contribution in [0, 0.1) is 0 Å². The third kappa shape index (κ3) is 3.21. The second-order valence-corrected chi connectivity index (χ2v) is 6.34. The zero-order chi connectivity index (χ0) is 16.2. The van der Waals surface area contributed by atoms with Crippen molar-refractivity contribution in [3.05, 3.63) is 82.8 Å². The van der Waals surface area contributed by atoms with E-state index in [0.717, 1.165) is 33.1 Å². The van der Waals surface area contributed by atoms with Crippen LogP contribution in [0.1, 0.15) is 10.7 Å². The Kier molecular flexibility index (Phi) is 4.08. The van der Waals surface area contributed by atoms with E-state index in [1.807, 2.05) is 60.7 Å².